The fourth-order valence-electron chi connectivity index (χ4n) is 2.33. The van der Waals surface area contributed by atoms with Crippen molar-refractivity contribution in [3.63, 3.8) is 0 Å². The highest BCUT2D eigenvalue weighted by molar-refractivity contribution is 9.10. The number of nitrogens with zero attached hydrogens (tertiary/aromatic N) is 1. The molecule has 2 N–H and O–H groups in total. The molecule has 0 bridgehead atoms. The van der Waals surface area contributed by atoms with Crippen LogP contribution in [-0.4, -0.2) is 30.5 Å². The molecule has 7 nitrogen and oxygen atoms in total. The molecule has 8 heteroatoms. The van der Waals surface area contributed by atoms with E-state index in [0.29, 0.717) is 47.3 Å². The maximum atomic E-state index is 11.9. The first-order chi connectivity index (χ1) is 13.1. The summed E-state index contributed by atoms with van der Waals surface area (Å²) in [5, 5.41) is 9.63. The summed E-state index contributed by atoms with van der Waals surface area (Å²) in [5.41, 5.74) is 1.19. The first kappa shape index (κ1) is 21.1. The standard InChI is InChI=1S/C19H26BrN3O4/c1-4-6-10-26-15-11-13(7-8-14(15)25-3)12-21-17-16(20)18(24)22-23-19(17)27-9-5-2/h7-8,11H,4-6,9-10,12H2,1-3H3,(H2,21,22,24). The lowest BCUT2D eigenvalue weighted by Crippen LogP contribution is -2.15. The Hall–Kier alpha value is -2.22. The second-order valence-corrected chi connectivity index (χ2v) is 6.73. The highest BCUT2D eigenvalue weighted by Crippen LogP contribution is 2.31. The van der Waals surface area contributed by atoms with Crippen molar-refractivity contribution in [1.82, 2.24) is 10.2 Å². The van der Waals surface area contributed by atoms with E-state index in [9.17, 15) is 4.79 Å². The van der Waals surface area contributed by atoms with Crippen LogP contribution in [0.15, 0.2) is 27.5 Å². The quantitative estimate of drug-likeness (QED) is 0.512. The number of aromatic amines is 1. The molecule has 1 aromatic carbocycles. The minimum absolute atomic E-state index is 0.320. The van der Waals surface area contributed by atoms with Crippen molar-refractivity contribution >= 4 is 21.6 Å². The number of rotatable bonds is 11. The van der Waals surface area contributed by atoms with Gasteiger partial charge in [-0.15, -0.1) is 5.10 Å². The number of H-pyrrole nitrogens is 1. The molecular weight excluding hydrogens is 414 g/mol. The smallest absolute Gasteiger partial charge is 0.280 e. The number of benzene rings is 1. The van der Waals surface area contributed by atoms with Gasteiger partial charge < -0.3 is 19.5 Å². The van der Waals surface area contributed by atoms with Gasteiger partial charge in [0.2, 0.25) is 0 Å². The van der Waals surface area contributed by atoms with E-state index in [4.69, 9.17) is 14.2 Å². The number of aromatic nitrogens is 2. The van der Waals surface area contributed by atoms with Crippen LogP contribution < -0.4 is 25.1 Å². The van der Waals surface area contributed by atoms with Crippen LogP contribution in [0.2, 0.25) is 0 Å². The molecule has 0 aliphatic carbocycles. The van der Waals surface area contributed by atoms with Crippen molar-refractivity contribution in [1.29, 1.82) is 0 Å². The second-order valence-electron chi connectivity index (χ2n) is 5.94. The molecule has 1 heterocycles. The summed E-state index contributed by atoms with van der Waals surface area (Å²) in [6.45, 7) is 5.75. The lowest BCUT2D eigenvalue weighted by Gasteiger charge is -2.15. The molecule has 2 aromatic rings. The van der Waals surface area contributed by atoms with E-state index in [2.05, 4.69) is 38.4 Å². The third-order valence-corrected chi connectivity index (χ3v) is 4.54. The van der Waals surface area contributed by atoms with Gasteiger partial charge in [0.05, 0.1) is 20.3 Å². The van der Waals surface area contributed by atoms with Gasteiger partial charge in [-0.3, -0.25) is 4.79 Å². The first-order valence-corrected chi connectivity index (χ1v) is 9.84. The lowest BCUT2D eigenvalue weighted by atomic mass is 10.2. The van der Waals surface area contributed by atoms with E-state index in [1.165, 1.54) is 0 Å². The molecule has 0 atom stereocenters. The fraction of sp³-hybridized carbons (Fsp3) is 0.474. The van der Waals surface area contributed by atoms with Crippen molar-refractivity contribution in [3.05, 3.63) is 38.6 Å². The Labute approximate surface area is 167 Å². The minimum atomic E-state index is -0.320. The van der Waals surface area contributed by atoms with Crippen LogP contribution in [-0.2, 0) is 6.54 Å². The van der Waals surface area contributed by atoms with Crippen LogP contribution >= 0.6 is 15.9 Å². The zero-order valence-corrected chi connectivity index (χ0v) is 17.5. The third-order valence-electron chi connectivity index (χ3n) is 3.79. The normalized spacial score (nSPS) is 10.5. The van der Waals surface area contributed by atoms with Crippen molar-refractivity contribution in [2.45, 2.75) is 39.7 Å². The van der Waals surface area contributed by atoms with Crippen LogP contribution in [0, 0.1) is 0 Å². The van der Waals surface area contributed by atoms with Gasteiger partial charge >= 0.3 is 0 Å². The van der Waals surface area contributed by atoms with E-state index in [-0.39, 0.29) is 5.56 Å². The summed E-state index contributed by atoms with van der Waals surface area (Å²) in [5.74, 6) is 1.76. The Balaban J connectivity index is 2.17. The van der Waals surface area contributed by atoms with Gasteiger partial charge in [-0.25, -0.2) is 5.10 Å². The molecule has 0 spiro atoms. The molecule has 2 rings (SSSR count). The number of anilines is 1. The molecule has 0 amide bonds. The molecule has 1 aromatic heterocycles. The largest absolute Gasteiger partial charge is 0.493 e. The van der Waals surface area contributed by atoms with E-state index in [0.717, 1.165) is 24.8 Å². The number of methoxy groups -OCH3 is 1. The maximum Gasteiger partial charge on any atom is 0.280 e. The highest BCUT2D eigenvalue weighted by atomic mass is 79.9. The van der Waals surface area contributed by atoms with Gasteiger partial charge in [-0.05, 0) is 46.5 Å². The van der Waals surface area contributed by atoms with Crippen LogP contribution in [0.5, 0.6) is 17.4 Å². The zero-order valence-electron chi connectivity index (χ0n) is 15.9. The van der Waals surface area contributed by atoms with Crippen LogP contribution in [0.3, 0.4) is 0 Å². The Morgan fingerprint density at radius 2 is 1.96 bits per heavy atom. The number of hydrogen-bond donors (Lipinski definition) is 2. The Morgan fingerprint density at radius 1 is 1.15 bits per heavy atom. The Morgan fingerprint density at radius 3 is 2.67 bits per heavy atom. The highest BCUT2D eigenvalue weighted by Gasteiger charge is 2.14. The second kappa shape index (κ2) is 10.8. The van der Waals surface area contributed by atoms with Crippen molar-refractivity contribution in [2.75, 3.05) is 25.6 Å². The van der Waals surface area contributed by atoms with Gasteiger partial charge in [-0.2, -0.15) is 0 Å². The molecule has 0 saturated carbocycles. The molecule has 0 saturated heterocycles. The van der Waals surface area contributed by atoms with Gasteiger partial charge in [0.25, 0.3) is 11.4 Å². The zero-order chi connectivity index (χ0) is 19.6. The molecule has 0 radical (unpaired) electrons. The van der Waals surface area contributed by atoms with E-state index >= 15 is 0 Å². The number of unbranched alkanes of at least 4 members (excludes halogenated alkanes) is 1. The summed E-state index contributed by atoms with van der Waals surface area (Å²) in [4.78, 5) is 11.9. The van der Waals surface area contributed by atoms with Crippen molar-refractivity contribution in [3.8, 4) is 17.4 Å². The van der Waals surface area contributed by atoms with Gasteiger partial charge in [0, 0.05) is 6.54 Å². The molecule has 0 unspecified atom stereocenters. The minimum Gasteiger partial charge on any atom is -0.493 e. The van der Waals surface area contributed by atoms with Crippen molar-refractivity contribution < 1.29 is 14.2 Å². The predicted molar refractivity (Wildman–Crippen MR) is 109 cm³/mol. The lowest BCUT2D eigenvalue weighted by molar-refractivity contribution is 0.288. The van der Waals surface area contributed by atoms with Crippen molar-refractivity contribution in [2.24, 2.45) is 0 Å². The van der Waals surface area contributed by atoms with Gasteiger partial charge in [0.1, 0.15) is 10.2 Å². The fourth-order valence-corrected chi connectivity index (χ4v) is 2.73. The summed E-state index contributed by atoms with van der Waals surface area (Å²) in [7, 11) is 1.62. The van der Waals surface area contributed by atoms with Crippen LogP contribution in [0.25, 0.3) is 0 Å². The SMILES string of the molecule is CCCCOc1cc(CNc2c(OCCC)n[nH]c(=O)c2Br)ccc1OC. The molecule has 0 fully saturated rings. The summed E-state index contributed by atoms with van der Waals surface area (Å²) in [6.07, 6.45) is 2.89. The van der Waals surface area contributed by atoms with E-state index in [1.54, 1.807) is 7.11 Å². The van der Waals surface area contributed by atoms with Crippen LogP contribution in [0.4, 0.5) is 5.69 Å². The molecule has 148 valence electrons. The average Bonchev–Trinajstić information content (AvgIpc) is 2.68. The topological polar surface area (TPSA) is 85.5 Å². The summed E-state index contributed by atoms with van der Waals surface area (Å²) >= 11 is 3.30. The third kappa shape index (κ3) is 5.89. The predicted octanol–water partition coefficient (Wildman–Crippen LogP) is 4.12. The molecule has 0 aliphatic heterocycles. The summed E-state index contributed by atoms with van der Waals surface area (Å²) in [6, 6.07) is 5.75. The van der Waals surface area contributed by atoms with Crippen LogP contribution in [0.1, 0.15) is 38.7 Å². The maximum absolute atomic E-state index is 11.9. The Kier molecular flexibility index (Phi) is 8.44. The van der Waals surface area contributed by atoms with E-state index < -0.39 is 0 Å². The number of halogens is 1. The number of nitrogens with one attached hydrogen (secondary N) is 2. The average molecular weight is 440 g/mol. The van der Waals surface area contributed by atoms with Gasteiger partial charge in [-0.1, -0.05) is 26.3 Å². The Bertz CT molecular complexity index is 795. The first-order valence-electron chi connectivity index (χ1n) is 9.05. The number of hydrogen-bond acceptors (Lipinski definition) is 6. The number of ether oxygens (including phenoxy) is 3. The monoisotopic (exact) mass is 439 g/mol. The summed E-state index contributed by atoms with van der Waals surface area (Å²) < 4.78 is 17.2. The van der Waals surface area contributed by atoms with E-state index in [1.807, 2.05) is 25.1 Å². The molecule has 0 aliphatic rings. The van der Waals surface area contributed by atoms with Gasteiger partial charge in [0.15, 0.2) is 11.5 Å². The molecular formula is C19H26BrN3O4. The molecule has 27 heavy (non-hydrogen) atoms.